The second kappa shape index (κ2) is 6.49. The zero-order valence-electron chi connectivity index (χ0n) is 12.8. The number of ether oxygens (including phenoxy) is 2. The lowest BCUT2D eigenvalue weighted by molar-refractivity contribution is -0.222. The van der Waals surface area contributed by atoms with E-state index in [9.17, 15) is 18.0 Å². The van der Waals surface area contributed by atoms with E-state index < -0.39 is 27.6 Å². The van der Waals surface area contributed by atoms with Gasteiger partial charge in [0.15, 0.2) is 15.4 Å². The van der Waals surface area contributed by atoms with E-state index >= 15 is 0 Å². The van der Waals surface area contributed by atoms with Crippen molar-refractivity contribution in [1.29, 1.82) is 0 Å². The van der Waals surface area contributed by atoms with Crippen LogP contribution in [0.25, 0.3) is 0 Å². The minimum Gasteiger partial charge on any atom is -0.419 e. The Hall–Kier alpha value is -1.39. The lowest BCUT2D eigenvalue weighted by Crippen LogP contribution is -2.42. The summed E-state index contributed by atoms with van der Waals surface area (Å²) in [6.07, 6.45) is 2.23. The van der Waals surface area contributed by atoms with Crippen LogP contribution < -0.4 is 5.32 Å². The van der Waals surface area contributed by atoms with E-state index in [0.29, 0.717) is 14.6 Å². The Kier molecular flexibility index (Phi) is 5.12. The summed E-state index contributed by atoms with van der Waals surface area (Å²) in [5.74, 6) is -2.95. The number of hydrogen-bond donors (Lipinski definition) is 1. The summed E-state index contributed by atoms with van der Waals surface area (Å²) >= 11 is 6.49. The molecule has 1 aliphatic heterocycles. The van der Waals surface area contributed by atoms with E-state index in [2.05, 4.69) is 37.2 Å². The number of benzene rings is 1. The molecule has 0 aromatic heterocycles. The van der Waals surface area contributed by atoms with Gasteiger partial charge in [-0.2, -0.15) is 0 Å². The molecule has 1 aromatic rings. The molecule has 0 aliphatic carbocycles. The molecule has 7 nitrogen and oxygen atoms in total. The first kappa shape index (κ1) is 18.9. The Labute approximate surface area is 155 Å². The van der Waals surface area contributed by atoms with Gasteiger partial charge in [0.25, 0.3) is 5.79 Å². The van der Waals surface area contributed by atoms with Gasteiger partial charge in [0, 0.05) is 35.2 Å². The van der Waals surface area contributed by atoms with Crippen molar-refractivity contribution < 1.29 is 27.5 Å². The highest BCUT2D eigenvalue weighted by Crippen LogP contribution is 2.34. The van der Waals surface area contributed by atoms with Gasteiger partial charge >= 0.3 is 11.9 Å². The average Bonchev–Trinajstić information content (AvgIpc) is 2.37. The number of carbonyl (C=O) groups excluding carboxylic acids is 2. The predicted molar refractivity (Wildman–Crippen MR) is 92.9 cm³/mol. The van der Waals surface area contributed by atoms with Crippen molar-refractivity contribution in [2.45, 2.75) is 24.5 Å². The van der Waals surface area contributed by atoms with Crippen molar-refractivity contribution in [3.63, 3.8) is 0 Å². The van der Waals surface area contributed by atoms with E-state index in [0.717, 1.165) is 12.5 Å². The third kappa shape index (κ3) is 4.17. The molecule has 0 atom stereocenters. The van der Waals surface area contributed by atoms with Crippen molar-refractivity contribution >= 4 is 59.3 Å². The van der Waals surface area contributed by atoms with Crippen molar-refractivity contribution in [2.24, 2.45) is 0 Å². The minimum absolute atomic E-state index is 0.109. The minimum atomic E-state index is -3.38. The van der Waals surface area contributed by atoms with Crippen LogP contribution in [0.1, 0.15) is 13.8 Å². The third-order valence-corrected chi connectivity index (χ3v) is 5.26. The van der Waals surface area contributed by atoms with Crippen LogP contribution in [0.15, 0.2) is 37.7 Å². The van der Waals surface area contributed by atoms with Crippen molar-refractivity contribution in [1.82, 2.24) is 0 Å². The average molecular weight is 483 g/mol. The standard InChI is InChI=1S/C14H13Br2NO6S/c1-14(2)22-12(18)8(13(19)23-14)6-17-11-9(15)4-7(5-10(11)16)24(3,20)21/h4-6,17H,1-3H3. The second-order valence-electron chi connectivity index (χ2n) is 5.42. The molecule has 0 spiro atoms. The van der Waals surface area contributed by atoms with Gasteiger partial charge in [0.1, 0.15) is 0 Å². The Morgan fingerprint density at radius 1 is 1.08 bits per heavy atom. The van der Waals surface area contributed by atoms with Crippen LogP contribution in [0.5, 0.6) is 0 Å². The molecule has 1 N–H and O–H groups in total. The van der Waals surface area contributed by atoms with Gasteiger partial charge in [-0.15, -0.1) is 0 Å². The Morgan fingerprint density at radius 2 is 1.54 bits per heavy atom. The molecule has 1 saturated heterocycles. The van der Waals surface area contributed by atoms with Crippen LogP contribution in [-0.2, 0) is 28.9 Å². The number of cyclic esters (lactones) is 2. The van der Waals surface area contributed by atoms with Crippen LogP contribution in [0, 0.1) is 0 Å². The molecule has 130 valence electrons. The fourth-order valence-corrected chi connectivity index (χ4v) is 4.21. The van der Waals surface area contributed by atoms with E-state index in [1.807, 2.05) is 0 Å². The highest BCUT2D eigenvalue weighted by atomic mass is 79.9. The van der Waals surface area contributed by atoms with E-state index in [1.165, 1.54) is 26.0 Å². The normalized spacial score (nSPS) is 17.1. The molecule has 24 heavy (non-hydrogen) atoms. The molecule has 1 aliphatic rings. The first-order valence-corrected chi connectivity index (χ1v) is 10.0. The highest BCUT2D eigenvalue weighted by Gasteiger charge is 2.39. The van der Waals surface area contributed by atoms with Gasteiger partial charge < -0.3 is 14.8 Å². The number of nitrogens with one attached hydrogen (secondary N) is 1. The smallest absolute Gasteiger partial charge is 0.350 e. The van der Waals surface area contributed by atoms with Gasteiger partial charge in [-0.3, -0.25) is 0 Å². The number of hydrogen-bond acceptors (Lipinski definition) is 7. The quantitative estimate of drug-likeness (QED) is 0.401. The SMILES string of the molecule is CC1(C)OC(=O)C(=CNc2c(Br)cc(S(C)(=O)=O)cc2Br)C(=O)O1. The number of anilines is 1. The highest BCUT2D eigenvalue weighted by molar-refractivity contribution is 9.11. The number of rotatable bonds is 3. The largest absolute Gasteiger partial charge is 0.419 e. The van der Waals surface area contributed by atoms with Crippen LogP contribution >= 0.6 is 31.9 Å². The monoisotopic (exact) mass is 481 g/mol. The fourth-order valence-electron chi connectivity index (χ4n) is 1.82. The summed E-state index contributed by atoms with van der Waals surface area (Å²) < 4.78 is 34.0. The van der Waals surface area contributed by atoms with Crippen molar-refractivity contribution in [3.05, 3.63) is 32.9 Å². The second-order valence-corrected chi connectivity index (χ2v) is 9.14. The molecule has 1 aromatic carbocycles. The summed E-state index contributed by atoms with van der Waals surface area (Å²) in [7, 11) is -3.38. The van der Waals surface area contributed by atoms with E-state index in [4.69, 9.17) is 9.47 Å². The predicted octanol–water partition coefficient (Wildman–Crippen LogP) is 2.75. The summed E-state index contributed by atoms with van der Waals surface area (Å²) in [5.41, 5.74) is 0.126. The Balaban J connectivity index is 2.33. The maximum atomic E-state index is 11.9. The fraction of sp³-hybridized carbons (Fsp3) is 0.286. The number of halogens is 2. The Morgan fingerprint density at radius 3 is 1.96 bits per heavy atom. The molecule has 0 saturated carbocycles. The lowest BCUT2D eigenvalue weighted by atomic mass is 10.2. The molecule has 1 fully saturated rings. The molecule has 2 rings (SSSR count). The molecular weight excluding hydrogens is 470 g/mol. The first-order chi connectivity index (χ1) is 10.9. The maximum absolute atomic E-state index is 11.9. The topological polar surface area (TPSA) is 98.8 Å². The van der Waals surface area contributed by atoms with Gasteiger partial charge in [-0.1, -0.05) is 0 Å². The van der Waals surface area contributed by atoms with Crippen LogP contribution in [0.3, 0.4) is 0 Å². The van der Waals surface area contributed by atoms with Gasteiger partial charge in [-0.25, -0.2) is 18.0 Å². The summed E-state index contributed by atoms with van der Waals surface area (Å²) in [4.78, 5) is 23.8. The van der Waals surface area contributed by atoms with Crippen LogP contribution in [0.4, 0.5) is 5.69 Å². The molecule has 0 amide bonds. The third-order valence-electron chi connectivity index (χ3n) is 2.92. The zero-order valence-corrected chi connectivity index (χ0v) is 16.8. The van der Waals surface area contributed by atoms with Gasteiger partial charge in [0.05, 0.1) is 10.6 Å². The summed E-state index contributed by atoms with van der Waals surface area (Å²) in [6.45, 7) is 2.90. The summed E-state index contributed by atoms with van der Waals surface area (Å²) in [6, 6.07) is 2.81. The first-order valence-electron chi connectivity index (χ1n) is 6.53. The molecule has 0 radical (unpaired) electrons. The van der Waals surface area contributed by atoms with E-state index in [-0.39, 0.29) is 10.5 Å². The molecular formula is C14H13Br2NO6S. The number of carbonyl (C=O) groups is 2. The molecule has 1 heterocycles. The molecule has 0 bridgehead atoms. The summed E-state index contributed by atoms with van der Waals surface area (Å²) in [5, 5.41) is 2.77. The zero-order chi connectivity index (χ0) is 18.3. The molecule has 10 heteroatoms. The van der Waals surface area contributed by atoms with Gasteiger partial charge in [0.2, 0.25) is 0 Å². The number of sulfone groups is 1. The number of esters is 2. The maximum Gasteiger partial charge on any atom is 0.350 e. The Bertz CT molecular complexity index is 815. The van der Waals surface area contributed by atoms with Crippen molar-refractivity contribution in [2.75, 3.05) is 11.6 Å². The van der Waals surface area contributed by atoms with Crippen LogP contribution in [-0.4, -0.2) is 32.4 Å². The van der Waals surface area contributed by atoms with Gasteiger partial charge in [-0.05, 0) is 44.0 Å². The van der Waals surface area contributed by atoms with Crippen LogP contribution in [0.2, 0.25) is 0 Å². The van der Waals surface area contributed by atoms with E-state index in [1.54, 1.807) is 0 Å². The lowest BCUT2D eigenvalue weighted by Gasteiger charge is -2.29. The molecule has 0 unspecified atom stereocenters. The van der Waals surface area contributed by atoms with Crippen molar-refractivity contribution in [3.8, 4) is 0 Å².